The molecule has 0 amide bonds. The minimum Gasteiger partial charge on any atom is -0.462 e. The molecule has 0 aliphatic heterocycles. The fourth-order valence-corrected chi connectivity index (χ4v) is 10.5. The third kappa shape index (κ3) is 66.1. The average Bonchev–Trinajstić information content (AvgIpc) is 3.45. The van der Waals surface area contributed by atoms with E-state index in [2.05, 4.69) is 69.4 Å². The Hall–Kier alpha value is -2.63. The van der Waals surface area contributed by atoms with Crippen LogP contribution in [0, 0.1) is 0 Å². The van der Waals surface area contributed by atoms with Crippen molar-refractivity contribution in [1.29, 1.82) is 0 Å². The molecule has 0 fully saturated rings. The Labute approximate surface area is 492 Å². The number of allylic oxidation sites excluding steroid dienone is 8. The second-order valence-electron chi connectivity index (χ2n) is 23.8. The molecule has 0 N–H and O–H groups in total. The molecular formula is C73H134O6. The molecule has 0 aromatic rings. The van der Waals surface area contributed by atoms with Gasteiger partial charge in [0, 0.05) is 19.3 Å². The predicted octanol–water partition coefficient (Wildman–Crippen LogP) is 24.1. The highest BCUT2D eigenvalue weighted by molar-refractivity contribution is 5.71. The normalized spacial score (nSPS) is 12.3. The van der Waals surface area contributed by atoms with E-state index < -0.39 is 6.10 Å². The van der Waals surface area contributed by atoms with E-state index in [0.29, 0.717) is 19.3 Å². The molecule has 0 rings (SSSR count). The first kappa shape index (κ1) is 76.4. The lowest BCUT2D eigenvalue weighted by Gasteiger charge is -2.18. The van der Waals surface area contributed by atoms with Crippen molar-refractivity contribution < 1.29 is 28.6 Å². The summed E-state index contributed by atoms with van der Waals surface area (Å²) < 4.78 is 17.0. The summed E-state index contributed by atoms with van der Waals surface area (Å²) >= 11 is 0. The highest BCUT2D eigenvalue weighted by Gasteiger charge is 2.19. The number of hydrogen-bond acceptors (Lipinski definition) is 6. The smallest absolute Gasteiger partial charge is 0.306 e. The first-order valence-electron chi connectivity index (χ1n) is 35.1. The molecule has 0 aromatic heterocycles. The molecule has 0 spiro atoms. The van der Waals surface area contributed by atoms with Crippen LogP contribution in [0.25, 0.3) is 0 Å². The zero-order valence-corrected chi connectivity index (χ0v) is 53.2. The van der Waals surface area contributed by atoms with E-state index in [9.17, 15) is 14.4 Å². The van der Waals surface area contributed by atoms with Crippen LogP contribution in [0.15, 0.2) is 48.6 Å². The van der Waals surface area contributed by atoms with Crippen molar-refractivity contribution in [2.75, 3.05) is 13.2 Å². The number of unbranched alkanes of at least 4 members (excludes halogenated alkanes) is 46. The molecule has 0 aromatic carbocycles. The molecular weight excluding hydrogens is 973 g/mol. The topological polar surface area (TPSA) is 78.9 Å². The van der Waals surface area contributed by atoms with Gasteiger partial charge in [-0.25, -0.2) is 0 Å². The first-order chi connectivity index (χ1) is 39.0. The summed E-state index contributed by atoms with van der Waals surface area (Å²) in [6, 6.07) is 0. The van der Waals surface area contributed by atoms with Crippen molar-refractivity contribution >= 4 is 17.9 Å². The quantitative estimate of drug-likeness (QED) is 0.0261. The van der Waals surface area contributed by atoms with E-state index in [1.807, 2.05) is 0 Å². The molecule has 462 valence electrons. The zero-order chi connectivity index (χ0) is 57.1. The van der Waals surface area contributed by atoms with E-state index >= 15 is 0 Å². The van der Waals surface area contributed by atoms with E-state index in [1.54, 1.807) is 0 Å². The second kappa shape index (κ2) is 67.9. The maximum atomic E-state index is 12.9. The summed E-state index contributed by atoms with van der Waals surface area (Å²) in [5, 5.41) is 0. The molecule has 0 aliphatic carbocycles. The summed E-state index contributed by atoms with van der Waals surface area (Å²) in [4.78, 5) is 38.3. The molecule has 79 heavy (non-hydrogen) atoms. The van der Waals surface area contributed by atoms with Gasteiger partial charge in [0.05, 0.1) is 0 Å². The van der Waals surface area contributed by atoms with Crippen molar-refractivity contribution in [3.05, 3.63) is 48.6 Å². The standard InChI is InChI=1S/C73H134O6/c1-4-7-10-13-16-19-22-25-27-29-30-31-32-33-34-35-36-37-38-39-40-41-42-44-45-48-51-54-57-60-63-66-72(75)78-69-70(68-77-71(74)65-62-59-56-53-50-47-24-21-18-15-12-9-6-3)79-73(76)67-64-61-58-55-52-49-46-43-28-26-23-20-17-14-11-8-5-2/h12,15,21-22,24-25,29-30,70H,4-11,13-14,16-20,23,26-28,31-69H2,1-3H3/b15-12-,24-21-,25-22-,30-29-. The summed E-state index contributed by atoms with van der Waals surface area (Å²) in [5.74, 6) is -0.861. The SMILES string of the molecule is CCC/C=C\C/C=C\CCCCCCCC(=O)OCC(COC(=O)CCCCCCCCCCCCCCCCCCCCC/C=C\C/C=C\CCCCCCC)OC(=O)CCCCCCCCCCCCCCCCCCC. The lowest BCUT2D eigenvalue weighted by Crippen LogP contribution is -2.30. The van der Waals surface area contributed by atoms with Crippen LogP contribution in [0.4, 0.5) is 0 Å². The Kier molecular flexibility index (Phi) is 65.6. The van der Waals surface area contributed by atoms with Gasteiger partial charge in [-0.3, -0.25) is 14.4 Å². The summed E-state index contributed by atoms with van der Waals surface area (Å²) in [7, 11) is 0. The lowest BCUT2D eigenvalue weighted by atomic mass is 10.0. The van der Waals surface area contributed by atoms with E-state index in [0.717, 1.165) is 89.9 Å². The fraction of sp³-hybridized carbons (Fsp3) is 0.849. The second-order valence-corrected chi connectivity index (χ2v) is 23.8. The molecule has 0 saturated carbocycles. The van der Waals surface area contributed by atoms with Gasteiger partial charge in [-0.1, -0.05) is 333 Å². The monoisotopic (exact) mass is 1110 g/mol. The third-order valence-corrected chi connectivity index (χ3v) is 15.8. The van der Waals surface area contributed by atoms with Crippen molar-refractivity contribution in [3.8, 4) is 0 Å². The van der Waals surface area contributed by atoms with Crippen molar-refractivity contribution in [1.82, 2.24) is 0 Å². The molecule has 1 atom stereocenters. The largest absolute Gasteiger partial charge is 0.462 e. The van der Waals surface area contributed by atoms with Gasteiger partial charge in [0.25, 0.3) is 0 Å². The molecule has 1 unspecified atom stereocenters. The lowest BCUT2D eigenvalue weighted by molar-refractivity contribution is -0.167. The molecule has 0 radical (unpaired) electrons. The highest BCUT2D eigenvalue weighted by Crippen LogP contribution is 2.18. The van der Waals surface area contributed by atoms with Crippen molar-refractivity contribution in [2.45, 2.75) is 386 Å². The van der Waals surface area contributed by atoms with Crippen molar-refractivity contribution in [2.24, 2.45) is 0 Å². The minimum atomic E-state index is -0.776. The number of hydrogen-bond donors (Lipinski definition) is 0. The van der Waals surface area contributed by atoms with E-state index in [1.165, 1.54) is 250 Å². The van der Waals surface area contributed by atoms with Gasteiger partial charge in [-0.2, -0.15) is 0 Å². The maximum Gasteiger partial charge on any atom is 0.306 e. The highest BCUT2D eigenvalue weighted by atomic mass is 16.6. The summed E-state index contributed by atoms with van der Waals surface area (Å²) in [6.07, 6.45) is 85.8. The van der Waals surface area contributed by atoms with Crippen LogP contribution in [0.5, 0.6) is 0 Å². The number of rotatable bonds is 65. The average molecular weight is 1110 g/mol. The van der Waals surface area contributed by atoms with Crippen LogP contribution < -0.4 is 0 Å². The Balaban J connectivity index is 4.15. The number of ether oxygens (including phenoxy) is 3. The van der Waals surface area contributed by atoms with E-state index in [4.69, 9.17) is 14.2 Å². The van der Waals surface area contributed by atoms with Crippen molar-refractivity contribution in [3.63, 3.8) is 0 Å². The Morgan fingerprint density at radius 3 is 0.747 bits per heavy atom. The third-order valence-electron chi connectivity index (χ3n) is 15.8. The molecule has 6 heteroatoms. The van der Waals surface area contributed by atoms with Gasteiger partial charge in [-0.15, -0.1) is 0 Å². The number of carbonyl (C=O) groups excluding carboxylic acids is 3. The zero-order valence-electron chi connectivity index (χ0n) is 53.2. The maximum absolute atomic E-state index is 12.9. The van der Waals surface area contributed by atoms with Gasteiger partial charge < -0.3 is 14.2 Å². The van der Waals surface area contributed by atoms with Gasteiger partial charge in [0.1, 0.15) is 13.2 Å². The molecule has 0 heterocycles. The molecule has 6 nitrogen and oxygen atoms in total. The van der Waals surface area contributed by atoms with Gasteiger partial charge in [0.2, 0.25) is 0 Å². The van der Waals surface area contributed by atoms with Crippen LogP contribution in [-0.4, -0.2) is 37.2 Å². The minimum absolute atomic E-state index is 0.0722. The van der Waals surface area contributed by atoms with Crippen LogP contribution >= 0.6 is 0 Å². The van der Waals surface area contributed by atoms with E-state index in [-0.39, 0.29) is 31.1 Å². The predicted molar refractivity (Wildman–Crippen MR) is 344 cm³/mol. The number of esters is 3. The van der Waals surface area contributed by atoms with Crippen LogP contribution in [0.2, 0.25) is 0 Å². The van der Waals surface area contributed by atoms with Crippen LogP contribution in [0.1, 0.15) is 380 Å². The first-order valence-corrected chi connectivity index (χ1v) is 35.1. The summed E-state index contributed by atoms with van der Waals surface area (Å²) in [5.41, 5.74) is 0. The van der Waals surface area contributed by atoms with Crippen LogP contribution in [-0.2, 0) is 28.6 Å². The van der Waals surface area contributed by atoms with Gasteiger partial charge in [-0.05, 0) is 77.0 Å². The van der Waals surface area contributed by atoms with Gasteiger partial charge >= 0.3 is 17.9 Å². The van der Waals surface area contributed by atoms with Gasteiger partial charge in [0.15, 0.2) is 6.10 Å². The molecule has 0 bridgehead atoms. The Morgan fingerprint density at radius 1 is 0.253 bits per heavy atom. The van der Waals surface area contributed by atoms with Crippen LogP contribution in [0.3, 0.4) is 0 Å². The molecule has 0 saturated heterocycles. The molecule has 0 aliphatic rings. The number of carbonyl (C=O) groups is 3. The Morgan fingerprint density at radius 2 is 0.481 bits per heavy atom. The fourth-order valence-electron chi connectivity index (χ4n) is 10.5. The summed E-state index contributed by atoms with van der Waals surface area (Å²) in [6.45, 7) is 6.62. The Bertz CT molecular complexity index is 1360.